The molecule has 0 bridgehead atoms. The molecule has 6 heteroatoms. The number of hydrogen-bond donors (Lipinski definition) is 0. The average molecular weight is 359 g/mol. The van der Waals surface area contributed by atoms with Gasteiger partial charge in [-0.05, 0) is 19.4 Å². The van der Waals surface area contributed by atoms with Crippen LogP contribution in [0, 0.1) is 13.8 Å². The minimum atomic E-state index is 0.0215. The predicted molar refractivity (Wildman–Crippen MR) is 101 cm³/mol. The van der Waals surface area contributed by atoms with E-state index in [2.05, 4.69) is 36.1 Å². The molecule has 1 aliphatic heterocycles. The van der Waals surface area contributed by atoms with Crippen LogP contribution in [0.4, 0.5) is 0 Å². The maximum absolute atomic E-state index is 12.4. The Bertz CT molecular complexity index is 788. The summed E-state index contributed by atoms with van der Waals surface area (Å²) in [5.41, 5.74) is 3.54. The van der Waals surface area contributed by atoms with Gasteiger partial charge in [0.15, 0.2) is 0 Å². The number of carbonyl (C=O) groups is 1. The minimum absolute atomic E-state index is 0.0215. The van der Waals surface area contributed by atoms with Crippen molar-refractivity contribution in [3.8, 4) is 0 Å². The summed E-state index contributed by atoms with van der Waals surface area (Å²) in [4.78, 5) is 28.5. The highest BCUT2D eigenvalue weighted by molar-refractivity contribution is 7.07. The Kier molecular flexibility index (Phi) is 5.71. The molecule has 0 spiro atoms. The van der Waals surface area contributed by atoms with Gasteiger partial charge >= 0.3 is 4.87 Å². The van der Waals surface area contributed by atoms with E-state index in [1.54, 1.807) is 4.57 Å². The second kappa shape index (κ2) is 7.97. The van der Waals surface area contributed by atoms with Crippen LogP contribution in [-0.4, -0.2) is 46.5 Å². The molecule has 3 rings (SSSR count). The van der Waals surface area contributed by atoms with Crippen molar-refractivity contribution in [2.24, 2.45) is 0 Å². The third kappa shape index (κ3) is 4.58. The summed E-state index contributed by atoms with van der Waals surface area (Å²) in [5.74, 6) is 0.146. The molecular formula is C19H25N3O2S. The molecule has 2 aromatic rings. The van der Waals surface area contributed by atoms with E-state index in [0.717, 1.165) is 38.4 Å². The second-order valence-corrected chi connectivity index (χ2v) is 7.51. The van der Waals surface area contributed by atoms with Crippen molar-refractivity contribution in [3.05, 3.63) is 56.1 Å². The van der Waals surface area contributed by atoms with Gasteiger partial charge in [-0.15, -0.1) is 0 Å². The van der Waals surface area contributed by atoms with Gasteiger partial charge in [0.05, 0.1) is 0 Å². The number of hydrogen-bond acceptors (Lipinski definition) is 4. The quantitative estimate of drug-likeness (QED) is 0.823. The molecule has 0 saturated carbocycles. The molecule has 1 amide bonds. The van der Waals surface area contributed by atoms with Crippen LogP contribution < -0.4 is 4.87 Å². The molecule has 0 N–H and O–H groups in total. The van der Waals surface area contributed by atoms with Gasteiger partial charge in [-0.2, -0.15) is 0 Å². The number of benzene rings is 1. The summed E-state index contributed by atoms with van der Waals surface area (Å²) < 4.78 is 1.69. The van der Waals surface area contributed by atoms with Crippen molar-refractivity contribution in [2.75, 3.05) is 26.2 Å². The first-order chi connectivity index (χ1) is 12.0. The first-order valence-electron chi connectivity index (χ1n) is 8.73. The molecule has 2 heterocycles. The molecule has 1 aliphatic rings. The molecule has 134 valence electrons. The van der Waals surface area contributed by atoms with E-state index in [-0.39, 0.29) is 10.8 Å². The first-order valence-corrected chi connectivity index (χ1v) is 9.61. The maximum atomic E-state index is 12.4. The van der Waals surface area contributed by atoms with Gasteiger partial charge in [-0.1, -0.05) is 41.2 Å². The third-order valence-corrected chi connectivity index (χ3v) is 5.62. The van der Waals surface area contributed by atoms with Crippen molar-refractivity contribution in [3.63, 3.8) is 0 Å². The standard InChI is InChI=1S/C19H25N3O2S/c1-15-4-3-5-17(12-15)13-20-8-10-21(11-9-20)18(23)6-7-22-16(2)14-25-19(22)24/h3-5,12,14H,6-11,13H2,1-2H3. The first kappa shape index (κ1) is 17.9. The Morgan fingerprint density at radius 3 is 2.56 bits per heavy atom. The molecule has 0 aliphatic carbocycles. The highest BCUT2D eigenvalue weighted by Crippen LogP contribution is 2.11. The zero-order valence-corrected chi connectivity index (χ0v) is 15.7. The van der Waals surface area contributed by atoms with Gasteiger partial charge in [-0.25, -0.2) is 0 Å². The average Bonchev–Trinajstić information content (AvgIpc) is 2.92. The van der Waals surface area contributed by atoms with E-state index in [1.165, 1.54) is 22.5 Å². The third-order valence-electron chi connectivity index (χ3n) is 4.74. The van der Waals surface area contributed by atoms with Crippen molar-refractivity contribution < 1.29 is 4.79 Å². The summed E-state index contributed by atoms with van der Waals surface area (Å²) in [7, 11) is 0. The summed E-state index contributed by atoms with van der Waals surface area (Å²) in [6.07, 6.45) is 0.398. The highest BCUT2D eigenvalue weighted by atomic mass is 32.1. The number of rotatable bonds is 5. The lowest BCUT2D eigenvalue weighted by Gasteiger charge is -2.35. The SMILES string of the molecule is Cc1cccc(CN2CCN(C(=O)CCn3c(C)csc3=O)CC2)c1. The molecule has 0 atom stereocenters. The van der Waals surface area contributed by atoms with E-state index in [1.807, 2.05) is 17.2 Å². The fourth-order valence-corrected chi connectivity index (χ4v) is 4.03. The number of carbonyl (C=O) groups excluding carboxylic acids is 1. The Balaban J connectivity index is 1.47. The molecule has 1 aromatic carbocycles. The van der Waals surface area contributed by atoms with Crippen LogP contribution in [-0.2, 0) is 17.9 Å². The van der Waals surface area contributed by atoms with Gasteiger partial charge in [0.1, 0.15) is 0 Å². The maximum Gasteiger partial charge on any atom is 0.307 e. The van der Waals surface area contributed by atoms with Crippen molar-refractivity contribution in [1.82, 2.24) is 14.4 Å². The summed E-state index contributed by atoms with van der Waals surface area (Å²) >= 11 is 1.20. The van der Waals surface area contributed by atoms with Crippen LogP contribution in [0.5, 0.6) is 0 Å². The molecule has 0 radical (unpaired) electrons. The number of amides is 1. The van der Waals surface area contributed by atoms with Crippen LogP contribution in [0.1, 0.15) is 23.2 Å². The predicted octanol–water partition coefficient (Wildman–Crippen LogP) is 2.26. The zero-order chi connectivity index (χ0) is 17.8. The van der Waals surface area contributed by atoms with E-state index >= 15 is 0 Å². The minimum Gasteiger partial charge on any atom is -0.340 e. The lowest BCUT2D eigenvalue weighted by molar-refractivity contribution is -0.133. The lowest BCUT2D eigenvalue weighted by atomic mass is 10.1. The van der Waals surface area contributed by atoms with Crippen LogP contribution in [0.2, 0.25) is 0 Å². The van der Waals surface area contributed by atoms with Gasteiger partial charge in [0, 0.05) is 56.8 Å². The van der Waals surface area contributed by atoms with Gasteiger partial charge in [0.25, 0.3) is 0 Å². The Morgan fingerprint density at radius 1 is 1.16 bits per heavy atom. The Morgan fingerprint density at radius 2 is 1.92 bits per heavy atom. The summed E-state index contributed by atoms with van der Waals surface area (Å²) in [5, 5.41) is 1.84. The van der Waals surface area contributed by atoms with E-state index in [0.29, 0.717) is 13.0 Å². The molecule has 1 aromatic heterocycles. The number of piperazine rings is 1. The van der Waals surface area contributed by atoms with E-state index in [9.17, 15) is 9.59 Å². The normalized spacial score (nSPS) is 15.5. The van der Waals surface area contributed by atoms with Crippen molar-refractivity contribution in [2.45, 2.75) is 33.4 Å². The van der Waals surface area contributed by atoms with Crippen molar-refractivity contribution >= 4 is 17.2 Å². The fraction of sp³-hybridized carbons (Fsp3) is 0.474. The number of aromatic nitrogens is 1. The fourth-order valence-electron chi connectivity index (χ4n) is 3.26. The number of thiazole rings is 1. The second-order valence-electron chi connectivity index (χ2n) is 6.69. The van der Waals surface area contributed by atoms with E-state index < -0.39 is 0 Å². The molecular weight excluding hydrogens is 334 g/mol. The molecule has 5 nitrogen and oxygen atoms in total. The number of aryl methyl sites for hydroxylation is 2. The topological polar surface area (TPSA) is 45.5 Å². The summed E-state index contributed by atoms with van der Waals surface area (Å²) in [6, 6.07) is 8.59. The van der Waals surface area contributed by atoms with Gasteiger partial charge < -0.3 is 9.47 Å². The molecule has 1 fully saturated rings. The van der Waals surface area contributed by atoms with Crippen LogP contribution >= 0.6 is 11.3 Å². The molecule has 0 unspecified atom stereocenters. The number of nitrogens with zero attached hydrogens (tertiary/aromatic N) is 3. The zero-order valence-electron chi connectivity index (χ0n) is 14.9. The van der Waals surface area contributed by atoms with Crippen LogP contribution in [0.15, 0.2) is 34.4 Å². The van der Waals surface area contributed by atoms with Crippen LogP contribution in [0.3, 0.4) is 0 Å². The summed E-state index contributed by atoms with van der Waals surface area (Å²) in [6.45, 7) is 8.77. The monoisotopic (exact) mass is 359 g/mol. The van der Waals surface area contributed by atoms with Crippen LogP contribution in [0.25, 0.3) is 0 Å². The Labute approximate surface area is 152 Å². The van der Waals surface area contributed by atoms with Crippen molar-refractivity contribution in [1.29, 1.82) is 0 Å². The van der Waals surface area contributed by atoms with E-state index in [4.69, 9.17) is 0 Å². The lowest BCUT2D eigenvalue weighted by Crippen LogP contribution is -2.48. The smallest absolute Gasteiger partial charge is 0.307 e. The largest absolute Gasteiger partial charge is 0.340 e. The molecule has 25 heavy (non-hydrogen) atoms. The van der Waals surface area contributed by atoms with Gasteiger partial charge in [0.2, 0.25) is 5.91 Å². The molecule has 1 saturated heterocycles. The van der Waals surface area contributed by atoms with Gasteiger partial charge in [-0.3, -0.25) is 14.5 Å². The highest BCUT2D eigenvalue weighted by Gasteiger charge is 2.21. The Hall–Kier alpha value is -1.92.